The van der Waals surface area contributed by atoms with Crippen molar-refractivity contribution in [2.45, 2.75) is 129 Å². The van der Waals surface area contributed by atoms with E-state index in [0.717, 1.165) is 44.4 Å². The van der Waals surface area contributed by atoms with E-state index in [1.54, 1.807) is 0 Å². The Morgan fingerprint density at radius 2 is 1.41 bits per heavy atom. The lowest BCUT2D eigenvalue weighted by atomic mass is 9.83. The van der Waals surface area contributed by atoms with Crippen LogP contribution in [0.5, 0.6) is 0 Å². The van der Waals surface area contributed by atoms with Crippen molar-refractivity contribution in [3.63, 3.8) is 0 Å². The molecule has 0 heterocycles. The van der Waals surface area contributed by atoms with Crippen LogP contribution in [0.3, 0.4) is 0 Å². The quantitative estimate of drug-likeness (QED) is 0.114. The van der Waals surface area contributed by atoms with Crippen LogP contribution in [0.4, 0.5) is 0 Å². The molecule has 0 saturated carbocycles. The molecular weight excluding hydrogens is 426 g/mol. The van der Waals surface area contributed by atoms with Gasteiger partial charge in [0.15, 0.2) is 0 Å². The fraction of sp³-hybridized carbons (Fsp3) is 0.897. The molecule has 5 heteroatoms. The molecule has 1 aliphatic carbocycles. The molecule has 0 aliphatic heterocycles. The van der Waals surface area contributed by atoms with Gasteiger partial charge in [0.05, 0.1) is 18.1 Å². The maximum absolute atomic E-state index is 11.8. The number of unbranched alkanes of at least 4 members (excludes halogenated alkanes) is 6. The maximum Gasteiger partial charge on any atom is 0.309 e. The number of aliphatic carboxylic acids is 1. The highest BCUT2D eigenvalue weighted by atomic mass is 16.4. The van der Waals surface area contributed by atoms with E-state index in [0.29, 0.717) is 31.7 Å². The molecule has 5 nitrogen and oxygen atoms in total. The molecule has 0 spiro atoms. The van der Waals surface area contributed by atoms with Crippen LogP contribution in [0.15, 0.2) is 12.2 Å². The Kier molecular flexibility index (Phi) is 17.7. The Labute approximate surface area is 209 Å². The largest absolute Gasteiger partial charge is 0.481 e. The lowest BCUT2D eigenvalue weighted by Crippen LogP contribution is -2.37. The van der Waals surface area contributed by atoms with Crippen LogP contribution < -0.4 is 5.32 Å². The Morgan fingerprint density at radius 1 is 0.853 bits per heavy atom. The van der Waals surface area contributed by atoms with Crippen molar-refractivity contribution in [2.75, 3.05) is 13.6 Å². The summed E-state index contributed by atoms with van der Waals surface area (Å²) >= 11 is 0. The van der Waals surface area contributed by atoms with E-state index in [-0.39, 0.29) is 5.92 Å². The molecule has 0 unspecified atom stereocenters. The molecule has 0 amide bonds. The standard InChI is InChI=1S/C29H55NO4/c1-4-6-9-13-23-17-19-24(20-18-23)14-11-8-12-15-26(29(33)34)28(32)21-25(22-30-3)27(31)16-10-7-5-2/h17,19,23-28,30-32H,4-16,18,20-22H2,1-3H3,(H,33,34)/t23-,24-,25-,26+,27-,28-/m0/s1. The van der Waals surface area contributed by atoms with Gasteiger partial charge in [-0.2, -0.15) is 0 Å². The van der Waals surface area contributed by atoms with Crippen LogP contribution in [-0.2, 0) is 4.79 Å². The number of allylic oxidation sites excluding steroid dienone is 2. The second-order valence-electron chi connectivity index (χ2n) is 10.7. The molecule has 1 rings (SSSR count). The van der Waals surface area contributed by atoms with Crippen molar-refractivity contribution in [1.82, 2.24) is 5.32 Å². The minimum atomic E-state index is -0.916. The summed E-state index contributed by atoms with van der Waals surface area (Å²) in [5.74, 6) is -0.332. The number of aliphatic hydroxyl groups excluding tert-OH is 2. The molecule has 0 aromatic rings. The van der Waals surface area contributed by atoms with Crippen LogP contribution in [-0.4, -0.2) is 47.1 Å². The van der Waals surface area contributed by atoms with Crippen molar-refractivity contribution in [3.8, 4) is 0 Å². The van der Waals surface area contributed by atoms with Gasteiger partial charge in [-0.3, -0.25) is 4.79 Å². The van der Waals surface area contributed by atoms with Gasteiger partial charge >= 0.3 is 5.97 Å². The molecule has 0 radical (unpaired) electrons. The van der Waals surface area contributed by atoms with Crippen molar-refractivity contribution in [3.05, 3.63) is 12.2 Å². The van der Waals surface area contributed by atoms with Gasteiger partial charge in [-0.05, 0) is 69.7 Å². The normalized spacial score (nSPS) is 21.8. The van der Waals surface area contributed by atoms with Crippen LogP contribution in [0.25, 0.3) is 0 Å². The lowest BCUT2D eigenvalue weighted by Gasteiger charge is -2.28. The summed E-state index contributed by atoms with van der Waals surface area (Å²) in [6.45, 7) is 4.98. The summed E-state index contributed by atoms with van der Waals surface area (Å²) < 4.78 is 0. The first-order chi connectivity index (χ1) is 16.4. The first-order valence-electron chi connectivity index (χ1n) is 14.3. The van der Waals surface area contributed by atoms with E-state index >= 15 is 0 Å². The number of nitrogens with one attached hydrogen (secondary N) is 1. The highest BCUT2D eigenvalue weighted by molar-refractivity contribution is 5.70. The molecule has 0 saturated heterocycles. The lowest BCUT2D eigenvalue weighted by molar-refractivity contribution is -0.146. The number of aliphatic hydroxyl groups is 2. The Hall–Kier alpha value is -0.910. The van der Waals surface area contributed by atoms with E-state index in [2.05, 4.69) is 31.3 Å². The Morgan fingerprint density at radius 3 is 1.94 bits per heavy atom. The second kappa shape index (κ2) is 19.3. The van der Waals surface area contributed by atoms with Gasteiger partial charge in [-0.25, -0.2) is 0 Å². The fourth-order valence-electron chi connectivity index (χ4n) is 5.45. The summed E-state index contributed by atoms with van der Waals surface area (Å²) in [5, 5.41) is 34.1. The van der Waals surface area contributed by atoms with Crippen LogP contribution >= 0.6 is 0 Å². The average molecular weight is 482 g/mol. The van der Waals surface area contributed by atoms with Crippen molar-refractivity contribution >= 4 is 5.97 Å². The predicted molar refractivity (Wildman–Crippen MR) is 142 cm³/mol. The van der Waals surface area contributed by atoms with Gasteiger partial charge in [0, 0.05) is 6.54 Å². The van der Waals surface area contributed by atoms with Gasteiger partial charge < -0.3 is 20.6 Å². The third kappa shape index (κ3) is 13.3. The maximum atomic E-state index is 11.8. The van der Waals surface area contributed by atoms with Gasteiger partial charge in [0.2, 0.25) is 0 Å². The summed E-state index contributed by atoms with van der Waals surface area (Å²) in [6, 6.07) is 0. The minimum absolute atomic E-state index is 0.123. The van der Waals surface area contributed by atoms with E-state index in [9.17, 15) is 20.1 Å². The van der Waals surface area contributed by atoms with Crippen LogP contribution in [0.2, 0.25) is 0 Å². The second-order valence-corrected chi connectivity index (χ2v) is 10.7. The first-order valence-corrected chi connectivity index (χ1v) is 14.3. The number of carboxylic acids is 1. The van der Waals surface area contributed by atoms with Gasteiger partial charge in [-0.1, -0.05) is 83.8 Å². The van der Waals surface area contributed by atoms with Gasteiger partial charge in [0.25, 0.3) is 0 Å². The molecule has 0 bridgehead atoms. The molecule has 34 heavy (non-hydrogen) atoms. The molecule has 4 N–H and O–H groups in total. The zero-order valence-corrected chi connectivity index (χ0v) is 22.4. The van der Waals surface area contributed by atoms with Crippen LogP contribution in [0.1, 0.15) is 117 Å². The highest BCUT2D eigenvalue weighted by Gasteiger charge is 2.30. The third-order valence-corrected chi connectivity index (χ3v) is 7.77. The molecular formula is C29H55NO4. The monoisotopic (exact) mass is 481 g/mol. The summed E-state index contributed by atoms with van der Waals surface area (Å²) in [4.78, 5) is 11.8. The zero-order valence-electron chi connectivity index (χ0n) is 22.4. The average Bonchev–Trinajstić information content (AvgIpc) is 2.82. The first kappa shape index (κ1) is 31.1. The number of hydrogen-bond donors (Lipinski definition) is 4. The van der Waals surface area contributed by atoms with Crippen molar-refractivity contribution in [1.29, 1.82) is 0 Å². The molecule has 0 aromatic carbocycles. The summed E-state index contributed by atoms with van der Waals surface area (Å²) in [7, 11) is 1.83. The van der Waals surface area contributed by atoms with Crippen molar-refractivity contribution < 1.29 is 20.1 Å². The molecule has 200 valence electrons. The van der Waals surface area contributed by atoms with E-state index in [1.807, 2.05) is 7.05 Å². The molecule has 0 aromatic heterocycles. The van der Waals surface area contributed by atoms with Crippen molar-refractivity contribution in [2.24, 2.45) is 23.7 Å². The number of carbonyl (C=O) groups is 1. The molecule has 0 fully saturated rings. The fourth-order valence-corrected chi connectivity index (χ4v) is 5.45. The van der Waals surface area contributed by atoms with Crippen LogP contribution in [0, 0.1) is 23.7 Å². The minimum Gasteiger partial charge on any atom is -0.481 e. The molecule has 6 atom stereocenters. The van der Waals surface area contributed by atoms with Gasteiger partial charge in [0.1, 0.15) is 0 Å². The summed E-state index contributed by atoms with van der Waals surface area (Å²) in [5.41, 5.74) is 0. The summed E-state index contributed by atoms with van der Waals surface area (Å²) in [6.07, 6.45) is 20.2. The van der Waals surface area contributed by atoms with Gasteiger partial charge in [-0.15, -0.1) is 0 Å². The number of carboxylic acid groups (broad SMARTS) is 1. The highest BCUT2D eigenvalue weighted by Crippen LogP contribution is 2.30. The SMILES string of the molecule is CCCCC[C@H]1C=C[C@H](CCCCC[C@@H](C(=O)O)[C@@H](O)C[C@@H](CNC)[C@@H](O)CCCCC)CC1. The third-order valence-electron chi connectivity index (χ3n) is 7.77. The molecule has 1 aliphatic rings. The van der Waals surface area contributed by atoms with E-state index < -0.39 is 24.1 Å². The number of hydrogen-bond acceptors (Lipinski definition) is 4. The van der Waals surface area contributed by atoms with E-state index in [4.69, 9.17) is 0 Å². The number of rotatable bonds is 21. The Bertz CT molecular complexity index is 538. The Balaban J connectivity index is 2.36. The smallest absolute Gasteiger partial charge is 0.309 e. The topological polar surface area (TPSA) is 89.8 Å². The predicted octanol–water partition coefficient (Wildman–Crippen LogP) is 6.33. The zero-order chi connectivity index (χ0) is 25.2. The van der Waals surface area contributed by atoms with E-state index in [1.165, 1.54) is 44.9 Å².